The second-order valence-electron chi connectivity index (χ2n) is 17.9. The van der Waals surface area contributed by atoms with Gasteiger partial charge in [0.25, 0.3) is 0 Å². The van der Waals surface area contributed by atoms with Gasteiger partial charge >= 0.3 is 29.8 Å². The van der Waals surface area contributed by atoms with E-state index in [2.05, 4.69) is 36.9 Å². The third kappa shape index (κ3) is 27.0. The van der Waals surface area contributed by atoms with Crippen molar-refractivity contribution in [3.8, 4) is 0 Å². The van der Waals surface area contributed by atoms with Crippen LogP contribution in [0.15, 0.2) is 4.99 Å². The fourth-order valence-electron chi connectivity index (χ4n) is 7.50. The first-order chi connectivity index (χ1) is 37.0. The van der Waals surface area contributed by atoms with Gasteiger partial charge in [-0.3, -0.25) is 72.1 Å². The number of aliphatic carboxylic acids is 5. The summed E-state index contributed by atoms with van der Waals surface area (Å²) in [7, 11) is 0. The van der Waals surface area contributed by atoms with Crippen molar-refractivity contribution >= 4 is 107 Å². The van der Waals surface area contributed by atoms with Crippen molar-refractivity contribution in [3.63, 3.8) is 0 Å². The highest BCUT2D eigenvalue weighted by molar-refractivity contribution is 7.98. The Morgan fingerprint density at radius 3 is 1.32 bits per heavy atom. The molecular formula is C44H70N14O20S. The Labute approximate surface area is 454 Å². The smallest absolute Gasteiger partial charge is 0.326 e. The molecule has 0 aromatic carbocycles. The number of hydrogen-bond acceptors (Lipinski definition) is 18. The Morgan fingerprint density at radius 1 is 0.519 bits per heavy atom. The molecule has 0 aromatic heterocycles. The van der Waals surface area contributed by atoms with Gasteiger partial charge in [-0.05, 0) is 69.8 Å². The minimum Gasteiger partial charge on any atom is -0.481 e. The molecule has 1 heterocycles. The molecule has 0 aliphatic carbocycles. The highest BCUT2D eigenvalue weighted by Gasteiger charge is 2.41. The molecule has 442 valence electrons. The number of aliphatic imine (C=N–C) groups is 1. The number of carbonyl (C=O) groups excluding carboxylic acids is 10. The van der Waals surface area contributed by atoms with Crippen molar-refractivity contribution in [1.82, 2.24) is 42.1 Å². The number of carboxylic acids is 5. The Kier molecular flexibility index (Phi) is 30.5. The highest BCUT2D eigenvalue weighted by Crippen LogP contribution is 2.21. The molecule has 1 saturated heterocycles. The predicted molar refractivity (Wildman–Crippen MR) is 272 cm³/mol. The zero-order valence-electron chi connectivity index (χ0n) is 43.0. The van der Waals surface area contributed by atoms with Gasteiger partial charge < -0.3 is 96.3 Å². The first-order valence-electron chi connectivity index (χ1n) is 24.4. The minimum absolute atomic E-state index is 0.0302. The van der Waals surface area contributed by atoms with Crippen molar-refractivity contribution in [1.29, 1.82) is 0 Å². The summed E-state index contributed by atoms with van der Waals surface area (Å²) < 4.78 is 0. The maximum atomic E-state index is 14.1. The van der Waals surface area contributed by atoms with Gasteiger partial charge in [0.2, 0.25) is 59.1 Å². The normalized spacial score (nSPS) is 15.8. The van der Waals surface area contributed by atoms with Gasteiger partial charge in [0.05, 0.1) is 18.9 Å². The van der Waals surface area contributed by atoms with Crippen LogP contribution in [0.2, 0.25) is 0 Å². The van der Waals surface area contributed by atoms with Crippen LogP contribution in [-0.2, 0) is 71.9 Å². The van der Waals surface area contributed by atoms with Crippen LogP contribution in [0.5, 0.6) is 0 Å². The summed E-state index contributed by atoms with van der Waals surface area (Å²) in [6, 6.07) is -15.3. The van der Waals surface area contributed by atoms with Crippen LogP contribution in [0, 0.1) is 0 Å². The zero-order valence-corrected chi connectivity index (χ0v) is 43.8. The molecule has 0 bridgehead atoms. The monoisotopic (exact) mass is 1150 g/mol. The van der Waals surface area contributed by atoms with Crippen molar-refractivity contribution < 1.29 is 97.5 Å². The van der Waals surface area contributed by atoms with E-state index in [-0.39, 0.29) is 56.9 Å². The molecule has 22 N–H and O–H groups in total. The molecule has 1 aliphatic heterocycles. The molecule has 0 saturated carbocycles. The summed E-state index contributed by atoms with van der Waals surface area (Å²) in [5, 5.41) is 62.7. The van der Waals surface area contributed by atoms with Crippen LogP contribution in [0.25, 0.3) is 0 Å². The van der Waals surface area contributed by atoms with E-state index in [9.17, 15) is 92.3 Å². The standard InChI is InChI=1S/C44H70N14O20S/c1-79-17-14-25(40(74)53-24(9-13-32(63)64)39(73)57-27(43(77)78)19-34(67)68)54-37(71)23(8-12-31(61)62)52-36(70)22(7-11-30(47)60)55-41(75)28-5-3-16-58(28)42(76)26(18-33(65)66)56-38(72)21(6-10-29(46)59)51-35(69)20(45)4-2-15-50-44(48)49/h20-28H,2-19,45H2,1H3,(H2,46,59)(H2,47,60)(H,51,69)(H,52,70)(H,53,74)(H,54,71)(H,55,75)(H,56,72)(H,57,73)(H,61,62)(H,63,64)(H,65,66)(H,67,68)(H,77,78)(H4,48,49,50)/t20-,21-,22-,23-,24-,25-,26-,27-,28-/m0/s1. The van der Waals surface area contributed by atoms with Gasteiger partial charge in [-0.25, -0.2) is 4.79 Å². The molecule has 1 rings (SSSR count). The fraction of sp³-hybridized carbons (Fsp3) is 0.636. The Hall–Kier alpha value is -8.37. The molecule has 9 atom stereocenters. The van der Waals surface area contributed by atoms with Crippen LogP contribution >= 0.6 is 11.8 Å². The summed E-state index contributed by atoms with van der Waals surface area (Å²) in [6.45, 7) is -0.0996. The van der Waals surface area contributed by atoms with Crippen LogP contribution in [0.4, 0.5) is 0 Å². The third-order valence-corrected chi connectivity index (χ3v) is 12.2. The van der Waals surface area contributed by atoms with Gasteiger partial charge in [0, 0.05) is 38.8 Å². The van der Waals surface area contributed by atoms with E-state index in [1.165, 1.54) is 11.8 Å². The Bertz CT molecular complexity index is 2290. The van der Waals surface area contributed by atoms with E-state index in [0.29, 0.717) is 0 Å². The molecule has 34 nitrogen and oxygen atoms in total. The lowest BCUT2D eigenvalue weighted by molar-refractivity contribution is -0.147. The molecule has 35 heteroatoms. The second-order valence-corrected chi connectivity index (χ2v) is 18.8. The quantitative estimate of drug-likeness (QED) is 0.0154. The van der Waals surface area contributed by atoms with E-state index in [4.69, 9.17) is 33.8 Å². The summed E-state index contributed by atoms with van der Waals surface area (Å²) in [5.74, 6) is -19.0. The first kappa shape index (κ1) is 68.6. The minimum atomic E-state index is -2.01. The van der Waals surface area contributed by atoms with E-state index >= 15 is 0 Å². The van der Waals surface area contributed by atoms with Gasteiger partial charge in [-0.15, -0.1) is 0 Å². The second kappa shape index (κ2) is 35.1. The van der Waals surface area contributed by atoms with E-state index < -0.39 is 208 Å². The Morgan fingerprint density at radius 2 is 0.911 bits per heavy atom. The molecule has 0 aromatic rings. The van der Waals surface area contributed by atoms with Crippen LogP contribution in [-0.4, -0.2) is 205 Å². The largest absolute Gasteiger partial charge is 0.481 e. The maximum Gasteiger partial charge on any atom is 0.326 e. The van der Waals surface area contributed by atoms with Crippen molar-refractivity contribution in [3.05, 3.63) is 0 Å². The van der Waals surface area contributed by atoms with E-state index in [1.54, 1.807) is 6.26 Å². The first-order valence-corrected chi connectivity index (χ1v) is 25.8. The van der Waals surface area contributed by atoms with Gasteiger partial charge in [0.1, 0.15) is 48.3 Å². The average molecular weight is 1150 g/mol. The van der Waals surface area contributed by atoms with E-state index in [0.717, 1.165) is 4.90 Å². The number of likely N-dealkylation sites (tertiary alicyclic amines) is 1. The predicted octanol–water partition coefficient (Wildman–Crippen LogP) is -7.20. The van der Waals surface area contributed by atoms with Gasteiger partial charge in [-0.1, -0.05) is 0 Å². The number of primary amides is 2. The number of guanidine groups is 1. The number of nitrogens with one attached hydrogen (secondary N) is 7. The number of rotatable bonds is 39. The number of hydrogen-bond donors (Lipinski definition) is 17. The lowest BCUT2D eigenvalue weighted by Gasteiger charge is -2.30. The molecule has 1 aliphatic rings. The average Bonchev–Trinajstić information content (AvgIpc) is 3.85. The lowest BCUT2D eigenvalue weighted by Crippen LogP contribution is -2.60. The highest BCUT2D eigenvalue weighted by atomic mass is 32.2. The third-order valence-electron chi connectivity index (χ3n) is 11.6. The number of carboxylic acid groups (broad SMARTS) is 5. The van der Waals surface area contributed by atoms with Crippen LogP contribution < -0.4 is 65.9 Å². The van der Waals surface area contributed by atoms with Crippen molar-refractivity contribution in [2.75, 3.05) is 25.1 Å². The molecule has 79 heavy (non-hydrogen) atoms. The fourth-order valence-corrected chi connectivity index (χ4v) is 7.97. The summed E-state index contributed by atoms with van der Waals surface area (Å²) >= 11 is 1.17. The van der Waals surface area contributed by atoms with Gasteiger partial charge in [-0.2, -0.15) is 11.8 Å². The molecule has 0 spiro atoms. The van der Waals surface area contributed by atoms with Crippen molar-refractivity contribution in [2.45, 2.75) is 151 Å². The summed E-state index contributed by atoms with van der Waals surface area (Å²) in [4.78, 5) is 196. The van der Waals surface area contributed by atoms with Crippen molar-refractivity contribution in [2.24, 2.45) is 33.7 Å². The molecule has 0 radical (unpaired) electrons. The summed E-state index contributed by atoms with van der Waals surface area (Å²) in [5.41, 5.74) is 27.1. The number of carbonyl (C=O) groups is 15. The zero-order chi connectivity index (χ0) is 60.1. The Balaban J connectivity index is 3.50. The lowest BCUT2D eigenvalue weighted by atomic mass is 10.0. The number of amides is 10. The number of nitrogens with zero attached hydrogens (tertiary/aromatic N) is 2. The summed E-state index contributed by atoms with van der Waals surface area (Å²) in [6.07, 6.45) is -5.46. The maximum absolute atomic E-state index is 14.1. The molecular weight excluding hydrogens is 1080 g/mol. The SMILES string of the molecule is CSCC[C@H](NC(=O)[C@H](CCC(=O)O)NC(=O)[C@H](CCC(N)=O)NC(=O)[C@@H]1CCCN1C(=O)[C@H](CC(=O)O)NC(=O)[C@H](CCC(N)=O)NC(=O)[C@@H](N)CCCN=C(N)N)C(=O)N[C@@H](CCC(=O)O)C(=O)N[C@@H](CC(=O)O)C(=O)O. The molecule has 0 unspecified atom stereocenters. The number of thioether (sulfide) groups is 1. The number of nitrogens with two attached hydrogens (primary N) is 5. The van der Waals surface area contributed by atoms with E-state index in [1.807, 2.05) is 5.32 Å². The molecule has 1 fully saturated rings. The van der Waals surface area contributed by atoms with Crippen LogP contribution in [0.1, 0.15) is 96.3 Å². The topological polar surface area (TPSA) is 587 Å². The molecule has 10 amide bonds. The van der Waals surface area contributed by atoms with Crippen LogP contribution in [0.3, 0.4) is 0 Å². The van der Waals surface area contributed by atoms with Gasteiger partial charge in [0.15, 0.2) is 5.96 Å².